The Morgan fingerprint density at radius 1 is 1.47 bits per heavy atom. The van der Waals surface area contributed by atoms with Crippen LogP contribution in [0, 0.1) is 11.6 Å². The minimum absolute atomic E-state index is 0.0153. The van der Waals surface area contributed by atoms with Crippen molar-refractivity contribution in [3.8, 4) is 0 Å². The molecule has 0 fully saturated rings. The van der Waals surface area contributed by atoms with Crippen molar-refractivity contribution < 1.29 is 18.7 Å². The lowest BCUT2D eigenvalue weighted by Gasteiger charge is -2.13. The highest BCUT2D eigenvalue weighted by atomic mass is 32.2. The first kappa shape index (κ1) is 13.9. The Morgan fingerprint density at radius 3 is 2.65 bits per heavy atom. The zero-order valence-electron chi connectivity index (χ0n) is 9.24. The topological polar surface area (TPSA) is 63.3 Å². The monoisotopic (exact) mass is 261 g/mol. The number of carbonyl (C=O) groups is 1. The molecule has 1 atom stereocenters. The lowest BCUT2D eigenvalue weighted by molar-refractivity contribution is -0.137. The van der Waals surface area contributed by atoms with Crippen LogP contribution in [0.2, 0.25) is 0 Å². The molecule has 0 aliphatic rings. The summed E-state index contributed by atoms with van der Waals surface area (Å²) in [5, 5.41) is 8.49. The molecule has 0 saturated carbocycles. The van der Waals surface area contributed by atoms with E-state index in [2.05, 4.69) is 0 Å². The van der Waals surface area contributed by atoms with Gasteiger partial charge in [0.05, 0.1) is 0 Å². The van der Waals surface area contributed by atoms with Crippen molar-refractivity contribution in [3.05, 3.63) is 29.3 Å². The first-order chi connectivity index (χ1) is 7.95. The maximum absolute atomic E-state index is 13.6. The van der Waals surface area contributed by atoms with E-state index < -0.39 is 23.6 Å². The molecule has 1 rings (SSSR count). The fourth-order valence-electron chi connectivity index (χ4n) is 1.42. The molecule has 0 bridgehead atoms. The van der Waals surface area contributed by atoms with Gasteiger partial charge in [0.25, 0.3) is 0 Å². The van der Waals surface area contributed by atoms with Crippen LogP contribution in [0.4, 0.5) is 8.78 Å². The van der Waals surface area contributed by atoms with E-state index in [0.29, 0.717) is 0 Å². The van der Waals surface area contributed by atoms with E-state index in [0.717, 1.165) is 23.9 Å². The van der Waals surface area contributed by atoms with E-state index in [1.807, 2.05) is 0 Å². The van der Waals surface area contributed by atoms with Gasteiger partial charge in [-0.15, -0.1) is 11.8 Å². The molecule has 1 aromatic carbocycles. The summed E-state index contributed by atoms with van der Waals surface area (Å²) in [5.74, 6) is -2.16. The van der Waals surface area contributed by atoms with Gasteiger partial charge in [0.1, 0.15) is 11.6 Å². The third-order valence-corrected chi connectivity index (χ3v) is 3.09. The van der Waals surface area contributed by atoms with Gasteiger partial charge >= 0.3 is 5.97 Å². The van der Waals surface area contributed by atoms with Crippen LogP contribution in [0.15, 0.2) is 17.0 Å². The summed E-state index contributed by atoms with van der Waals surface area (Å²) >= 11 is 1.10. The zero-order valence-corrected chi connectivity index (χ0v) is 10.1. The quantitative estimate of drug-likeness (QED) is 0.799. The average Bonchev–Trinajstić information content (AvgIpc) is 2.28. The number of benzene rings is 1. The predicted octanol–water partition coefficient (Wildman–Crippen LogP) is 2.55. The molecular formula is C11H13F2NO2S. The molecule has 0 aliphatic carbocycles. The minimum atomic E-state index is -1.01. The number of hydrogen-bond donors (Lipinski definition) is 2. The van der Waals surface area contributed by atoms with E-state index in [1.54, 1.807) is 6.26 Å². The van der Waals surface area contributed by atoms with Crippen molar-refractivity contribution in [1.82, 2.24) is 0 Å². The number of carboxylic acids is 1. The Bertz CT molecular complexity index is 426. The highest BCUT2D eigenvalue weighted by Crippen LogP contribution is 2.26. The maximum atomic E-state index is 13.6. The molecule has 0 aromatic heterocycles. The van der Waals surface area contributed by atoms with Crippen molar-refractivity contribution in [1.29, 1.82) is 0 Å². The number of halogens is 2. The summed E-state index contributed by atoms with van der Waals surface area (Å²) in [6.45, 7) is 0. The molecule has 0 heterocycles. The van der Waals surface area contributed by atoms with Gasteiger partial charge < -0.3 is 10.8 Å². The second-order valence-corrected chi connectivity index (χ2v) is 4.40. The van der Waals surface area contributed by atoms with Crippen LogP contribution >= 0.6 is 11.8 Å². The Labute approximate surface area is 102 Å². The van der Waals surface area contributed by atoms with Crippen molar-refractivity contribution in [2.45, 2.75) is 23.8 Å². The van der Waals surface area contributed by atoms with E-state index in [9.17, 15) is 13.6 Å². The van der Waals surface area contributed by atoms with Gasteiger partial charge in [-0.25, -0.2) is 8.78 Å². The zero-order chi connectivity index (χ0) is 13.0. The normalized spacial score (nSPS) is 12.5. The van der Waals surface area contributed by atoms with E-state index >= 15 is 0 Å². The van der Waals surface area contributed by atoms with Crippen molar-refractivity contribution in [2.75, 3.05) is 6.26 Å². The van der Waals surface area contributed by atoms with Crippen LogP contribution in [0.5, 0.6) is 0 Å². The third-order valence-electron chi connectivity index (χ3n) is 2.34. The van der Waals surface area contributed by atoms with Crippen LogP contribution in [0.3, 0.4) is 0 Å². The predicted molar refractivity (Wildman–Crippen MR) is 61.9 cm³/mol. The molecule has 0 saturated heterocycles. The van der Waals surface area contributed by atoms with Gasteiger partial charge in [0.2, 0.25) is 0 Å². The van der Waals surface area contributed by atoms with E-state index in [-0.39, 0.29) is 23.3 Å². The molecule has 94 valence electrons. The molecule has 3 nitrogen and oxygen atoms in total. The lowest BCUT2D eigenvalue weighted by Crippen LogP contribution is -2.14. The molecule has 3 N–H and O–H groups in total. The van der Waals surface area contributed by atoms with Crippen LogP contribution in [0.25, 0.3) is 0 Å². The molecule has 17 heavy (non-hydrogen) atoms. The maximum Gasteiger partial charge on any atom is 0.303 e. The largest absolute Gasteiger partial charge is 0.481 e. The van der Waals surface area contributed by atoms with Crippen molar-refractivity contribution in [3.63, 3.8) is 0 Å². The molecular weight excluding hydrogens is 248 g/mol. The molecule has 0 amide bonds. The number of aliphatic carboxylic acids is 1. The minimum Gasteiger partial charge on any atom is -0.481 e. The Balaban J connectivity index is 2.90. The fourth-order valence-corrected chi connectivity index (χ4v) is 1.89. The molecule has 0 spiro atoms. The molecule has 1 unspecified atom stereocenters. The lowest BCUT2D eigenvalue weighted by atomic mass is 10.0. The first-order valence-corrected chi connectivity index (χ1v) is 6.18. The van der Waals surface area contributed by atoms with Gasteiger partial charge in [0.15, 0.2) is 0 Å². The summed E-state index contributed by atoms with van der Waals surface area (Å²) in [4.78, 5) is 10.6. The molecule has 1 aromatic rings. The van der Waals surface area contributed by atoms with Crippen molar-refractivity contribution >= 4 is 17.7 Å². The van der Waals surface area contributed by atoms with Crippen LogP contribution in [0.1, 0.15) is 24.4 Å². The number of rotatable bonds is 5. The van der Waals surface area contributed by atoms with Crippen LogP contribution in [-0.2, 0) is 4.79 Å². The van der Waals surface area contributed by atoms with Gasteiger partial charge in [0, 0.05) is 22.9 Å². The van der Waals surface area contributed by atoms with Gasteiger partial charge in [-0.05, 0) is 24.8 Å². The smallest absolute Gasteiger partial charge is 0.303 e. The average molecular weight is 261 g/mol. The first-order valence-electron chi connectivity index (χ1n) is 4.96. The fraction of sp³-hybridized carbons (Fsp3) is 0.364. The highest BCUT2D eigenvalue weighted by Gasteiger charge is 2.16. The summed E-state index contributed by atoms with van der Waals surface area (Å²) in [6.07, 6.45) is 1.54. The second-order valence-electron chi connectivity index (χ2n) is 3.55. The molecule has 6 heteroatoms. The second kappa shape index (κ2) is 5.97. The third kappa shape index (κ3) is 3.67. The van der Waals surface area contributed by atoms with Crippen LogP contribution < -0.4 is 5.73 Å². The SMILES string of the molecule is CSc1cc(F)c(C(N)CCC(=O)O)cc1F. The van der Waals surface area contributed by atoms with E-state index in [4.69, 9.17) is 10.8 Å². The van der Waals surface area contributed by atoms with Crippen LogP contribution in [-0.4, -0.2) is 17.3 Å². The Kier molecular flexibility index (Phi) is 4.89. The summed E-state index contributed by atoms with van der Waals surface area (Å²) in [6, 6.07) is 1.31. The molecule has 0 aliphatic heterocycles. The Hall–Kier alpha value is -1.14. The number of hydrogen-bond acceptors (Lipinski definition) is 3. The number of thioether (sulfide) groups is 1. The summed E-state index contributed by atoms with van der Waals surface area (Å²) in [5.41, 5.74) is 5.64. The summed E-state index contributed by atoms with van der Waals surface area (Å²) in [7, 11) is 0. The number of nitrogens with two attached hydrogens (primary N) is 1. The standard InChI is InChI=1S/C11H13F2NO2S/c1-17-10-5-7(12)6(4-8(10)13)9(14)2-3-11(15)16/h4-5,9H,2-3,14H2,1H3,(H,15,16). The van der Waals surface area contributed by atoms with Gasteiger partial charge in [-0.2, -0.15) is 0 Å². The molecule has 0 radical (unpaired) electrons. The Morgan fingerprint density at radius 2 is 2.12 bits per heavy atom. The highest BCUT2D eigenvalue weighted by molar-refractivity contribution is 7.98. The van der Waals surface area contributed by atoms with Crippen molar-refractivity contribution in [2.24, 2.45) is 5.73 Å². The van der Waals surface area contributed by atoms with Gasteiger partial charge in [-0.3, -0.25) is 4.79 Å². The van der Waals surface area contributed by atoms with E-state index in [1.165, 1.54) is 0 Å². The van der Waals surface area contributed by atoms with Gasteiger partial charge in [-0.1, -0.05) is 0 Å². The summed E-state index contributed by atoms with van der Waals surface area (Å²) < 4.78 is 27.0. The number of carboxylic acid groups (broad SMARTS) is 1.